The Morgan fingerprint density at radius 2 is 1.79 bits per heavy atom. The Bertz CT molecular complexity index is 1690. The molecule has 0 aliphatic rings. The SMILES string of the molecule is COCCCn1c(=NC(=O)c2cc(OC)c(OC)c(OC)c2)c(C#N)cc2c(=O)n3cccc(C)c3nc21. The lowest BCUT2D eigenvalue weighted by Crippen LogP contribution is -2.30. The summed E-state index contributed by atoms with van der Waals surface area (Å²) in [6.07, 6.45) is 2.16. The number of carbonyl (C=O) groups is 1. The zero-order valence-corrected chi connectivity index (χ0v) is 21.8. The molecule has 1 amide bonds. The Morgan fingerprint density at radius 3 is 2.39 bits per heavy atom. The monoisotopic (exact) mass is 517 g/mol. The van der Waals surface area contributed by atoms with E-state index in [2.05, 4.69) is 11.1 Å². The van der Waals surface area contributed by atoms with Gasteiger partial charge in [-0.1, -0.05) is 6.07 Å². The Balaban J connectivity index is 2.04. The minimum Gasteiger partial charge on any atom is -0.493 e. The number of benzene rings is 1. The predicted octanol–water partition coefficient (Wildman–Crippen LogP) is 2.63. The van der Waals surface area contributed by atoms with E-state index in [0.29, 0.717) is 36.6 Å². The number of fused-ring (bicyclic) bond motifs is 2. The molecule has 1 aromatic carbocycles. The van der Waals surface area contributed by atoms with E-state index in [1.165, 1.54) is 43.9 Å². The highest BCUT2D eigenvalue weighted by Crippen LogP contribution is 2.38. The van der Waals surface area contributed by atoms with Crippen LogP contribution >= 0.6 is 0 Å². The normalized spacial score (nSPS) is 11.5. The number of aromatic nitrogens is 3. The van der Waals surface area contributed by atoms with E-state index in [0.717, 1.165) is 5.56 Å². The van der Waals surface area contributed by atoms with Gasteiger partial charge in [0.1, 0.15) is 17.4 Å². The van der Waals surface area contributed by atoms with E-state index in [1.807, 2.05) is 13.0 Å². The molecule has 0 aliphatic heterocycles. The van der Waals surface area contributed by atoms with Crippen molar-refractivity contribution in [3.05, 3.63) is 69.1 Å². The van der Waals surface area contributed by atoms with Crippen LogP contribution in [-0.4, -0.2) is 54.9 Å². The van der Waals surface area contributed by atoms with Gasteiger partial charge in [-0.2, -0.15) is 10.3 Å². The van der Waals surface area contributed by atoms with Gasteiger partial charge in [-0.3, -0.25) is 14.0 Å². The van der Waals surface area contributed by atoms with Crippen molar-refractivity contribution in [2.75, 3.05) is 35.0 Å². The van der Waals surface area contributed by atoms with E-state index in [9.17, 15) is 14.9 Å². The summed E-state index contributed by atoms with van der Waals surface area (Å²) in [6, 6.07) is 10.1. The number of nitriles is 1. The maximum atomic E-state index is 13.4. The fourth-order valence-electron chi connectivity index (χ4n) is 4.23. The largest absolute Gasteiger partial charge is 0.493 e. The van der Waals surface area contributed by atoms with Crippen LogP contribution in [0.4, 0.5) is 0 Å². The number of nitrogens with zero attached hydrogens (tertiary/aromatic N) is 5. The lowest BCUT2D eigenvalue weighted by Gasteiger charge is -2.14. The van der Waals surface area contributed by atoms with E-state index >= 15 is 0 Å². The van der Waals surface area contributed by atoms with Crippen molar-refractivity contribution in [1.82, 2.24) is 14.0 Å². The summed E-state index contributed by atoms with van der Waals surface area (Å²) in [7, 11) is 5.93. The molecule has 4 rings (SSSR count). The van der Waals surface area contributed by atoms with Gasteiger partial charge in [0.05, 0.1) is 32.3 Å². The molecule has 0 N–H and O–H groups in total. The number of rotatable bonds is 8. The predicted molar refractivity (Wildman–Crippen MR) is 139 cm³/mol. The van der Waals surface area contributed by atoms with Crippen LogP contribution in [0.1, 0.15) is 27.9 Å². The van der Waals surface area contributed by atoms with E-state index in [4.69, 9.17) is 23.9 Å². The second-order valence-electron chi connectivity index (χ2n) is 8.36. The van der Waals surface area contributed by atoms with Crippen LogP contribution in [-0.2, 0) is 11.3 Å². The maximum absolute atomic E-state index is 13.4. The average Bonchev–Trinajstić information content (AvgIpc) is 2.93. The first-order valence-corrected chi connectivity index (χ1v) is 11.7. The minimum atomic E-state index is -0.644. The standard InChI is InChI=1S/C27H27N5O6/c1-16-8-6-9-32-23(16)29-25-19(27(32)34)12-18(15-28)24(31(25)10-7-11-35-2)30-26(33)17-13-20(36-3)22(38-5)21(14-17)37-4/h6,8-9,12-14H,7,10-11H2,1-5H3. The third-order valence-corrected chi connectivity index (χ3v) is 6.07. The molecule has 0 spiro atoms. The third kappa shape index (κ3) is 4.69. The van der Waals surface area contributed by atoms with Crippen molar-refractivity contribution in [3.8, 4) is 23.3 Å². The summed E-state index contributed by atoms with van der Waals surface area (Å²) in [5.74, 6) is 0.258. The van der Waals surface area contributed by atoms with Crippen LogP contribution in [0.3, 0.4) is 0 Å². The van der Waals surface area contributed by atoms with E-state index in [-0.39, 0.29) is 39.1 Å². The van der Waals surface area contributed by atoms with Crippen molar-refractivity contribution in [1.29, 1.82) is 5.26 Å². The second kappa shape index (κ2) is 11.1. The molecule has 11 nitrogen and oxygen atoms in total. The zero-order valence-electron chi connectivity index (χ0n) is 21.8. The third-order valence-electron chi connectivity index (χ3n) is 6.07. The van der Waals surface area contributed by atoms with Gasteiger partial charge >= 0.3 is 0 Å². The first-order valence-electron chi connectivity index (χ1n) is 11.7. The Labute approximate surface area is 218 Å². The number of pyridine rings is 2. The Hall–Kier alpha value is -4.69. The second-order valence-corrected chi connectivity index (χ2v) is 8.36. The van der Waals surface area contributed by atoms with Gasteiger partial charge in [0, 0.05) is 32.0 Å². The van der Waals surface area contributed by atoms with Crippen LogP contribution in [0.15, 0.2) is 46.3 Å². The molecule has 0 radical (unpaired) electrons. The fraction of sp³-hybridized carbons (Fsp3) is 0.296. The molecule has 0 saturated carbocycles. The van der Waals surface area contributed by atoms with Crippen molar-refractivity contribution < 1.29 is 23.7 Å². The van der Waals surface area contributed by atoms with Gasteiger partial charge in [-0.05, 0) is 43.2 Å². The van der Waals surface area contributed by atoms with Crippen LogP contribution in [0.25, 0.3) is 16.7 Å². The molecule has 0 bridgehead atoms. The molecule has 11 heteroatoms. The van der Waals surface area contributed by atoms with Gasteiger partial charge < -0.3 is 23.5 Å². The van der Waals surface area contributed by atoms with Crippen LogP contribution in [0.2, 0.25) is 0 Å². The van der Waals surface area contributed by atoms with Crippen LogP contribution in [0, 0.1) is 18.3 Å². The molecular weight excluding hydrogens is 490 g/mol. The average molecular weight is 518 g/mol. The quantitative estimate of drug-likeness (QED) is 0.258. The van der Waals surface area contributed by atoms with Crippen molar-refractivity contribution in [2.24, 2.45) is 4.99 Å². The van der Waals surface area contributed by atoms with E-state index in [1.54, 1.807) is 23.9 Å². The topological polar surface area (TPSA) is 129 Å². The molecular formula is C27H27N5O6. The minimum absolute atomic E-state index is 0.0576. The first kappa shape index (κ1) is 26.4. The molecule has 3 aromatic heterocycles. The molecule has 196 valence electrons. The van der Waals surface area contributed by atoms with Crippen molar-refractivity contribution >= 4 is 22.6 Å². The highest BCUT2D eigenvalue weighted by molar-refractivity contribution is 5.96. The van der Waals surface area contributed by atoms with Crippen molar-refractivity contribution in [2.45, 2.75) is 19.9 Å². The lowest BCUT2D eigenvalue weighted by atomic mass is 10.1. The molecule has 0 atom stereocenters. The number of hydrogen-bond donors (Lipinski definition) is 0. The molecule has 4 aromatic rings. The van der Waals surface area contributed by atoms with Gasteiger partial charge in [0.25, 0.3) is 11.5 Å². The summed E-state index contributed by atoms with van der Waals surface area (Å²) in [5, 5.41) is 10.2. The van der Waals surface area contributed by atoms with Crippen LogP contribution in [0.5, 0.6) is 17.2 Å². The number of carbonyl (C=O) groups excluding carboxylic acids is 1. The molecule has 0 aliphatic carbocycles. The molecule has 0 fully saturated rings. The Kier molecular flexibility index (Phi) is 7.74. The summed E-state index contributed by atoms with van der Waals surface area (Å²) >= 11 is 0. The van der Waals surface area contributed by atoms with E-state index < -0.39 is 5.91 Å². The van der Waals surface area contributed by atoms with Gasteiger partial charge in [0.15, 0.2) is 17.0 Å². The number of ether oxygens (including phenoxy) is 4. The maximum Gasteiger partial charge on any atom is 0.279 e. The smallest absolute Gasteiger partial charge is 0.279 e. The first-order chi connectivity index (χ1) is 18.4. The number of amides is 1. The number of aryl methyl sites for hydroxylation is 2. The summed E-state index contributed by atoms with van der Waals surface area (Å²) in [6.45, 7) is 2.57. The molecule has 0 unspecified atom stereocenters. The molecule has 0 saturated heterocycles. The molecule has 38 heavy (non-hydrogen) atoms. The highest BCUT2D eigenvalue weighted by Gasteiger charge is 2.19. The Morgan fingerprint density at radius 1 is 1.08 bits per heavy atom. The highest BCUT2D eigenvalue weighted by atomic mass is 16.5. The fourth-order valence-corrected chi connectivity index (χ4v) is 4.23. The summed E-state index contributed by atoms with van der Waals surface area (Å²) in [4.78, 5) is 35.9. The zero-order chi connectivity index (χ0) is 27.4. The summed E-state index contributed by atoms with van der Waals surface area (Å²) < 4.78 is 24.3. The van der Waals surface area contributed by atoms with Crippen molar-refractivity contribution in [3.63, 3.8) is 0 Å². The van der Waals surface area contributed by atoms with Crippen LogP contribution < -0.4 is 25.3 Å². The van der Waals surface area contributed by atoms with Gasteiger partial charge in [0.2, 0.25) is 5.75 Å². The van der Waals surface area contributed by atoms with Gasteiger partial charge in [-0.25, -0.2) is 4.98 Å². The van der Waals surface area contributed by atoms with Gasteiger partial charge in [-0.15, -0.1) is 0 Å². The number of hydrogen-bond acceptors (Lipinski definition) is 8. The number of methoxy groups -OCH3 is 4. The lowest BCUT2D eigenvalue weighted by molar-refractivity contribution is 0.0996. The summed E-state index contributed by atoms with van der Waals surface area (Å²) in [5.41, 5.74) is 1.56. The molecule has 3 heterocycles.